The molecule has 0 spiro atoms. The summed E-state index contributed by atoms with van der Waals surface area (Å²) in [4.78, 5) is 11.0. The number of carboxylic acids is 1. The number of ether oxygens (including phenoxy) is 1. The van der Waals surface area contributed by atoms with Gasteiger partial charge in [0.2, 0.25) is 0 Å². The zero-order chi connectivity index (χ0) is 21.8. The standard InChI is InChI=1S/C26H36O3/c1-8-9-10-11-26(6,7)24-17(2)14-22(15-18(24)3)29-25-19(4)12-21(13-20(25)5)16-23(27)28/h12-15H,8-11,16H2,1-7H3,(H,27,28). The van der Waals surface area contributed by atoms with Crippen molar-refractivity contribution >= 4 is 5.97 Å². The van der Waals surface area contributed by atoms with Crippen molar-refractivity contribution in [1.82, 2.24) is 0 Å². The Morgan fingerprint density at radius 1 is 0.931 bits per heavy atom. The molecule has 0 saturated carbocycles. The lowest BCUT2D eigenvalue weighted by Gasteiger charge is -2.30. The van der Waals surface area contributed by atoms with Gasteiger partial charge >= 0.3 is 5.97 Å². The Morgan fingerprint density at radius 2 is 1.48 bits per heavy atom. The summed E-state index contributed by atoms with van der Waals surface area (Å²) in [6.45, 7) is 15.2. The highest BCUT2D eigenvalue weighted by molar-refractivity contribution is 5.70. The van der Waals surface area contributed by atoms with Crippen molar-refractivity contribution in [3.63, 3.8) is 0 Å². The summed E-state index contributed by atoms with van der Waals surface area (Å²) in [7, 11) is 0. The van der Waals surface area contributed by atoms with Gasteiger partial charge in [0, 0.05) is 0 Å². The Morgan fingerprint density at radius 3 is 1.97 bits per heavy atom. The summed E-state index contributed by atoms with van der Waals surface area (Å²) in [5.41, 5.74) is 6.81. The van der Waals surface area contributed by atoms with Crippen LogP contribution in [-0.2, 0) is 16.6 Å². The largest absolute Gasteiger partial charge is 0.481 e. The van der Waals surface area contributed by atoms with Gasteiger partial charge in [-0.05, 0) is 85.0 Å². The van der Waals surface area contributed by atoms with Crippen LogP contribution >= 0.6 is 0 Å². The van der Waals surface area contributed by atoms with E-state index in [4.69, 9.17) is 9.84 Å². The fourth-order valence-electron chi connectivity index (χ4n) is 4.59. The molecule has 0 amide bonds. The maximum absolute atomic E-state index is 11.0. The molecule has 0 heterocycles. The quantitative estimate of drug-likeness (QED) is 0.456. The summed E-state index contributed by atoms with van der Waals surface area (Å²) >= 11 is 0. The van der Waals surface area contributed by atoms with Gasteiger partial charge in [-0.1, -0.05) is 52.2 Å². The fraction of sp³-hybridized carbons (Fsp3) is 0.500. The molecule has 29 heavy (non-hydrogen) atoms. The first-order valence-corrected chi connectivity index (χ1v) is 10.7. The van der Waals surface area contributed by atoms with Gasteiger partial charge in [0.15, 0.2) is 0 Å². The molecule has 0 unspecified atom stereocenters. The molecule has 0 aliphatic carbocycles. The molecule has 0 bridgehead atoms. The third kappa shape index (κ3) is 5.85. The van der Waals surface area contributed by atoms with Crippen LogP contribution in [0.4, 0.5) is 0 Å². The average Bonchev–Trinajstić information content (AvgIpc) is 2.57. The molecule has 0 fully saturated rings. The second kappa shape index (κ2) is 9.47. The van der Waals surface area contributed by atoms with Crippen LogP contribution in [0.5, 0.6) is 11.5 Å². The second-order valence-corrected chi connectivity index (χ2v) is 9.00. The number of hydrogen-bond acceptors (Lipinski definition) is 2. The predicted octanol–water partition coefficient (Wildman–Crippen LogP) is 7.20. The van der Waals surface area contributed by atoms with Crippen LogP contribution < -0.4 is 4.74 Å². The summed E-state index contributed by atoms with van der Waals surface area (Å²) in [6.07, 6.45) is 4.99. The van der Waals surface area contributed by atoms with Gasteiger partial charge < -0.3 is 9.84 Å². The van der Waals surface area contributed by atoms with Gasteiger partial charge in [0.05, 0.1) is 6.42 Å². The van der Waals surface area contributed by atoms with Crippen molar-refractivity contribution in [2.24, 2.45) is 0 Å². The zero-order valence-corrected chi connectivity index (χ0v) is 19.1. The molecule has 2 aromatic carbocycles. The van der Waals surface area contributed by atoms with Crippen molar-refractivity contribution in [3.05, 3.63) is 57.6 Å². The summed E-state index contributed by atoms with van der Waals surface area (Å²) in [5, 5.41) is 9.04. The van der Waals surface area contributed by atoms with Crippen LogP contribution in [0.25, 0.3) is 0 Å². The van der Waals surface area contributed by atoms with E-state index < -0.39 is 5.97 Å². The molecule has 2 rings (SSSR count). The van der Waals surface area contributed by atoms with Crippen LogP contribution in [0.15, 0.2) is 24.3 Å². The van der Waals surface area contributed by atoms with Crippen molar-refractivity contribution in [2.45, 2.75) is 86.0 Å². The number of carboxylic acid groups (broad SMARTS) is 1. The Labute approximate surface area is 176 Å². The first kappa shape index (κ1) is 23.0. The van der Waals surface area contributed by atoms with Crippen LogP contribution in [0.3, 0.4) is 0 Å². The molecule has 1 N–H and O–H groups in total. The number of unbranched alkanes of at least 4 members (excludes halogenated alkanes) is 2. The van der Waals surface area contributed by atoms with E-state index in [1.54, 1.807) is 0 Å². The van der Waals surface area contributed by atoms with Gasteiger partial charge in [-0.2, -0.15) is 0 Å². The summed E-state index contributed by atoms with van der Waals surface area (Å²) < 4.78 is 6.28. The van der Waals surface area contributed by atoms with E-state index >= 15 is 0 Å². The third-order valence-electron chi connectivity index (χ3n) is 5.68. The molecule has 158 valence electrons. The molecule has 0 radical (unpaired) electrons. The SMILES string of the molecule is CCCCCC(C)(C)c1c(C)cc(Oc2c(C)cc(CC(=O)O)cc2C)cc1C. The van der Waals surface area contributed by atoms with Gasteiger partial charge in [0.25, 0.3) is 0 Å². The van der Waals surface area contributed by atoms with Crippen LogP contribution in [-0.4, -0.2) is 11.1 Å². The number of aliphatic carboxylic acids is 1. The molecule has 0 saturated heterocycles. The molecule has 2 aromatic rings. The highest BCUT2D eigenvalue weighted by Crippen LogP contribution is 2.38. The molecule has 0 atom stereocenters. The van der Waals surface area contributed by atoms with E-state index in [-0.39, 0.29) is 11.8 Å². The van der Waals surface area contributed by atoms with Crippen molar-refractivity contribution in [1.29, 1.82) is 0 Å². The fourth-order valence-corrected chi connectivity index (χ4v) is 4.59. The molecular formula is C26H36O3. The van der Waals surface area contributed by atoms with Gasteiger partial charge in [-0.15, -0.1) is 0 Å². The number of aryl methyl sites for hydroxylation is 4. The summed E-state index contributed by atoms with van der Waals surface area (Å²) in [6, 6.07) is 8.07. The number of hydrogen-bond donors (Lipinski definition) is 1. The van der Waals surface area contributed by atoms with E-state index in [0.29, 0.717) is 0 Å². The molecule has 0 aliphatic rings. The first-order chi connectivity index (χ1) is 13.5. The van der Waals surface area contributed by atoms with Crippen LogP contribution in [0.1, 0.15) is 79.8 Å². The van der Waals surface area contributed by atoms with Crippen LogP contribution in [0, 0.1) is 27.7 Å². The van der Waals surface area contributed by atoms with Crippen molar-refractivity contribution in [3.8, 4) is 11.5 Å². The van der Waals surface area contributed by atoms with Gasteiger partial charge in [-0.25, -0.2) is 0 Å². The molecule has 0 aromatic heterocycles. The minimum atomic E-state index is -0.819. The number of benzene rings is 2. The van der Waals surface area contributed by atoms with E-state index in [1.165, 1.54) is 42.4 Å². The van der Waals surface area contributed by atoms with E-state index in [2.05, 4.69) is 46.8 Å². The summed E-state index contributed by atoms with van der Waals surface area (Å²) in [5.74, 6) is 0.832. The average molecular weight is 397 g/mol. The minimum absolute atomic E-state index is 0.0297. The molecule has 0 aliphatic heterocycles. The maximum atomic E-state index is 11.0. The molecule has 3 heteroatoms. The third-order valence-corrected chi connectivity index (χ3v) is 5.68. The van der Waals surface area contributed by atoms with Crippen molar-refractivity contribution in [2.75, 3.05) is 0 Å². The Bertz CT molecular complexity index is 832. The topological polar surface area (TPSA) is 46.5 Å². The second-order valence-electron chi connectivity index (χ2n) is 9.00. The predicted molar refractivity (Wildman–Crippen MR) is 120 cm³/mol. The Balaban J connectivity index is 2.31. The van der Waals surface area contributed by atoms with E-state index in [1.807, 2.05) is 26.0 Å². The van der Waals surface area contributed by atoms with Gasteiger partial charge in [-0.3, -0.25) is 4.79 Å². The minimum Gasteiger partial charge on any atom is -0.481 e. The Hall–Kier alpha value is -2.29. The highest BCUT2D eigenvalue weighted by Gasteiger charge is 2.24. The molecular weight excluding hydrogens is 360 g/mol. The number of rotatable bonds is 9. The zero-order valence-electron chi connectivity index (χ0n) is 19.1. The van der Waals surface area contributed by atoms with Crippen LogP contribution in [0.2, 0.25) is 0 Å². The lowest BCUT2D eigenvalue weighted by Crippen LogP contribution is -2.20. The van der Waals surface area contributed by atoms with E-state index in [0.717, 1.165) is 28.2 Å². The lowest BCUT2D eigenvalue weighted by atomic mass is 9.76. The smallest absolute Gasteiger partial charge is 0.307 e. The van der Waals surface area contributed by atoms with Crippen molar-refractivity contribution < 1.29 is 14.6 Å². The number of carbonyl (C=O) groups is 1. The van der Waals surface area contributed by atoms with E-state index in [9.17, 15) is 4.79 Å². The lowest BCUT2D eigenvalue weighted by molar-refractivity contribution is -0.136. The molecule has 3 nitrogen and oxygen atoms in total. The van der Waals surface area contributed by atoms with Gasteiger partial charge in [0.1, 0.15) is 11.5 Å². The monoisotopic (exact) mass is 396 g/mol. The Kier molecular flexibility index (Phi) is 7.51. The maximum Gasteiger partial charge on any atom is 0.307 e. The first-order valence-electron chi connectivity index (χ1n) is 10.7. The highest BCUT2D eigenvalue weighted by atomic mass is 16.5. The normalized spacial score (nSPS) is 11.6.